The number of hydrogen-bond acceptors (Lipinski definition) is 8. The van der Waals surface area contributed by atoms with Crippen LogP contribution < -0.4 is 5.32 Å². The number of anilines is 1. The fraction of sp³-hybridized carbons (Fsp3) is 0.167. The van der Waals surface area contributed by atoms with Crippen molar-refractivity contribution in [3.8, 4) is 0 Å². The van der Waals surface area contributed by atoms with Crippen molar-refractivity contribution in [3.63, 3.8) is 0 Å². The Bertz CT molecular complexity index is 799. The standard InChI is InChI=1S/C12H10N4O3S2/c1-20-12-15-14-11(21-12)13-10(18)9-7-3-2-6(5-17)4-8(7)16-19-9/h2-4,17H,5H2,1H3,(H,13,14,18). The van der Waals surface area contributed by atoms with Crippen LogP contribution in [0, 0.1) is 0 Å². The van der Waals surface area contributed by atoms with Gasteiger partial charge in [-0.25, -0.2) is 0 Å². The van der Waals surface area contributed by atoms with Gasteiger partial charge in [-0.1, -0.05) is 34.3 Å². The van der Waals surface area contributed by atoms with Crippen molar-refractivity contribution in [2.75, 3.05) is 11.6 Å². The molecule has 0 unspecified atom stereocenters. The zero-order chi connectivity index (χ0) is 14.8. The molecule has 2 aromatic heterocycles. The number of aliphatic hydroxyl groups is 1. The molecule has 0 saturated carbocycles. The third kappa shape index (κ3) is 2.75. The quantitative estimate of drug-likeness (QED) is 0.560. The summed E-state index contributed by atoms with van der Waals surface area (Å²) in [6.07, 6.45) is 1.88. The zero-order valence-electron chi connectivity index (χ0n) is 10.9. The summed E-state index contributed by atoms with van der Waals surface area (Å²) in [4.78, 5) is 12.2. The maximum atomic E-state index is 12.2. The van der Waals surface area contributed by atoms with E-state index in [4.69, 9.17) is 9.63 Å². The molecule has 1 amide bonds. The summed E-state index contributed by atoms with van der Waals surface area (Å²) in [5, 5.41) is 24.3. The van der Waals surface area contributed by atoms with Gasteiger partial charge >= 0.3 is 0 Å². The molecule has 3 rings (SSSR count). The van der Waals surface area contributed by atoms with Gasteiger partial charge in [0.1, 0.15) is 5.52 Å². The molecule has 3 aromatic rings. The molecule has 0 fully saturated rings. The fourth-order valence-corrected chi connectivity index (χ4v) is 2.91. The van der Waals surface area contributed by atoms with Gasteiger partial charge in [0.25, 0.3) is 5.91 Å². The number of hydrogen-bond donors (Lipinski definition) is 2. The summed E-state index contributed by atoms with van der Waals surface area (Å²) in [5.41, 5.74) is 1.23. The molecule has 21 heavy (non-hydrogen) atoms. The molecule has 1 aromatic carbocycles. The van der Waals surface area contributed by atoms with Crippen LogP contribution in [0.4, 0.5) is 5.13 Å². The van der Waals surface area contributed by atoms with Crippen molar-refractivity contribution in [1.29, 1.82) is 0 Å². The van der Waals surface area contributed by atoms with Crippen LogP contribution in [0.3, 0.4) is 0 Å². The van der Waals surface area contributed by atoms with E-state index in [1.54, 1.807) is 18.2 Å². The molecular weight excluding hydrogens is 312 g/mol. The maximum absolute atomic E-state index is 12.2. The maximum Gasteiger partial charge on any atom is 0.296 e. The van der Waals surface area contributed by atoms with Crippen molar-refractivity contribution in [1.82, 2.24) is 15.4 Å². The molecule has 0 aliphatic carbocycles. The molecule has 7 nitrogen and oxygen atoms in total. The number of amides is 1. The highest BCUT2D eigenvalue weighted by atomic mass is 32.2. The van der Waals surface area contributed by atoms with Crippen LogP contribution in [0.5, 0.6) is 0 Å². The summed E-state index contributed by atoms with van der Waals surface area (Å²) < 4.78 is 5.85. The first-order valence-corrected chi connectivity index (χ1v) is 7.93. The van der Waals surface area contributed by atoms with Gasteiger partial charge in [-0.2, -0.15) is 0 Å². The third-order valence-electron chi connectivity index (χ3n) is 2.73. The van der Waals surface area contributed by atoms with Crippen molar-refractivity contribution in [2.24, 2.45) is 0 Å². The summed E-state index contributed by atoms with van der Waals surface area (Å²) in [6.45, 7) is -0.0907. The van der Waals surface area contributed by atoms with Crippen LogP contribution in [0.2, 0.25) is 0 Å². The fourth-order valence-electron chi connectivity index (χ4n) is 1.75. The number of nitrogens with zero attached hydrogens (tertiary/aromatic N) is 3. The van der Waals surface area contributed by atoms with Crippen LogP contribution in [-0.2, 0) is 6.61 Å². The Morgan fingerprint density at radius 2 is 2.33 bits per heavy atom. The number of benzene rings is 1. The lowest BCUT2D eigenvalue weighted by Gasteiger charge is -1.97. The number of carbonyl (C=O) groups is 1. The highest BCUT2D eigenvalue weighted by Crippen LogP contribution is 2.25. The van der Waals surface area contributed by atoms with E-state index in [1.165, 1.54) is 23.1 Å². The first-order valence-electron chi connectivity index (χ1n) is 5.89. The van der Waals surface area contributed by atoms with E-state index in [9.17, 15) is 4.79 Å². The molecule has 0 radical (unpaired) electrons. The Hall–Kier alpha value is -1.97. The minimum absolute atomic E-state index is 0.0907. The third-order valence-corrected chi connectivity index (χ3v) is 4.55. The van der Waals surface area contributed by atoms with E-state index in [-0.39, 0.29) is 12.4 Å². The number of fused-ring (bicyclic) bond motifs is 1. The molecule has 2 N–H and O–H groups in total. The van der Waals surface area contributed by atoms with Crippen molar-refractivity contribution in [3.05, 3.63) is 29.5 Å². The molecular formula is C12H10N4O3S2. The normalized spacial score (nSPS) is 11.0. The van der Waals surface area contributed by atoms with Gasteiger partial charge in [0, 0.05) is 0 Å². The number of thioether (sulfide) groups is 1. The Morgan fingerprint density at radius 1 is 1.48 bits per heavy atom. The van der Waals surface area contributed by atoms with Gasteiger partial charge in [-0.3, -0.25) is 10.1 Å². The average molecular weight is 322 g/mol. The van der Waals surface area contributed by atoms with Gasteiger partial charge in [0.15, 0.2) is 4.34 Å². The van der Waals surface area contributed by atoms with E-state index in [2.05, 4.69) is 20.7 Å². The highest BCUT2D eigenvalue weighted by molar-refractivity contribution is 8.00. The molecule has 0 aliphatic rings. The number of nitrogens with one attached hydrogen (secondary N) is 1. The predicted molar refractivity (Wildman–Crippen MR) is 79.6 cm³/mol. The Labute approximate surface area is 127 Å². The largest absolute Gasteiger partial charge is 0.392 e. The van der Waals surface area contributed by atoms with Gasteiger partial charge < -0.3 is 9.63 Å². The van der Waals surface area contributed by atoms with Crippen LogP contribution in [0.15, 0.2) is 27.1 Å². The van der Waals surface area contributed by atoms with E-state index in [1.807, 2.05) is 6.26 Å². The van der Waals surface area contributed by atoms with Gasteiger partial charge in [-0.05, 0) is 24.0 Å². The zero-order valence-corrected chi connectivity index (χ0v) is 12.5. The lowest BCUT2D eigenvalue weighted by molar-refractivity contribution is 0.0990. The van der Waals surface area contributed by atoms with Crippen molar-refractivity contribution >= 4 is 45.0 Å². The minimum Gasteiger partial charge on any atom is -0.392 e. The Kier molecular flexibility index (Phi) is 3.86. The lowest BCUT2D eigenvalue weighted by Crippen LogP contribution is -2.11. The average Bonchev–Trinajstić information content (AvgIpc) is 3.12. The van der Waals surface area contributed by atoms with Gasteiger partial charge in [-0.15, -0.1) is 10.2 Å². The number of rotatable bonds is 4. The molecule has 9 heteroatoms. The number of aromatic nitrogens is 3. The number of carbonyl (C=O) groups excluding carboxylic acids is 1. The van der Waals surface area contributed by atoms with Crippen LogP contribution >= 0.6 is 23.1 Å². The summed E-state index contributed by atoms with van der Waals surface area (Å²) in [6, 6.07) is 5.08. The van der Waals surface area contributed by atoms with E-state index in [0.717, 1.165) is 4.34 Å². The van der Waals surface area contributed by atoms with Crippen molar-refractivity contribution < 1.29 is 14.4 Å². The second-order valence-electron chi connectivity index (χ2n) is 4.05. The molecule has 108 valence electrons. The second kappa shape index (κ2) is 5.80. The molecule has 2 heterocycles. The molecule has 0 aliphatic heterocycles. The van der Waals surface area contributed by atoms with Gasteiger partial charge in [0.2, 0.25) is 10.9 Å². The first kappa shape index (κ1) is 14.0. The summed E-state index contributed by atoms with van der Waals surface area (Å²) >= 11 is 2.74. The van der Waals surface area contributed by atoms with E-state index >= 15 is 0 Å². The van der Waals surface area contributed by atoms with Crippen molar-refractivity contribution in [2.45, 2.75) is 10.9 Å². The summed E-state index contributed by atoms with van der Waals surface area (Å²) in [7, 11) is 0. The number of aliphatic hydroxyl groups excluding tert-OH is 1. The lowest BCUT2D eigenvalue weighted by atomic mass is 10.1. The molecule has 0 saturated heterocycles. The Morgan fingerprint density at radius 3 is 3.05 bits per heavy atom. The second-order valence-corrected chi connectivity index (χ2v) is 6.08. The minimum atomic E-state index is -0.432. The highest BCUT2D eigenvalue weighted by Gasteiger charge is 2.18. The Balaban J connectivity index is 1.87. The van der Waals surface area contributed by atoms with E-state index < -0.39 is 5.91 Å². The van der Waals surface area contributed by atoms with Crippen LogP contribution in [0.25, 0.3) is 10.9 Å². The topological polar surface area (TPSA) is 101 Å². The first-order chi connectivity index (χ1) is 10.2. The van der Waals surface area contributed by atoms with Gasteiger partial charge in [0.05, 0.1) is 12.0 Å². The molecule has 0 bridgehead atoms. The SMILES string of the molecule is CSc1nnc(NC(=O)c2onc3cc(CO)ccc23)s1. The van der Waals surface area contributed by atoms with Crippen LogP contribution in [0.1, 0.15) is 16.1 Å². The monoisotopic (exact) mass is 322 g/mol. The van der Waals surface area contributed by atoms with E-state index in [0.29, 0.717) is 21.6 Å². The summed E-state index contributed by atoms with van der Waals surface area (Å²) in [5.74, 6) is -0.326. The van der Waals surface area contributed by atoms with Crippen LogP contribution in [-0.4, -0.2) is 32.6 Å². The molecule has 0 atom stereocenters. The molecule has 0 spiro atoms. The predicted octanol–water partition coefficient (Wildman–Crippen LogP) is 2.15. The smallest absolute Gasteiger partial charge is 0.296 e.